The number of rotatable bonds is 2. The maximum Gasteiger partial charge on any atom is 0.0274 e. The number of aryl methyl sites for hydroxylation is 2. The topological polar surface area (TPSA) is 26.0 Å². The number of hydrogen-bond donors (Lipinski definition) is 1. The molecule has 0 saturated heterocycles. The van der Waals surface area contributed by atoms with Crippen molar-refractivity contribution in [3.8, 4) is 11.1 Å². The Morgan fingerprint density at radius 1 is 1.00 bits per heavy atom. The Labute approximate surface area is 106 Å². The number of fused-ring (bicyclic) bond motifs is 1. The van der Waals surface area contributed by atoms with E-state index in [-0.39, 0.29) is 0 Å². The lowest BCUT2D eigenvalue weighted by Gasteiger charge is -2.16. The van der Waals surface area contributed by atoms with E-state index in [1.165, 1.54) is 41.7 Å². The number of nitrogens with two attached hydrogens (primary N) is 1. The van der Waals surface area contributed by atoms with Crippen molar-refractivity contribution in [3.63, 3.8) is 0 Å². The Balaban J connectivity index is 1.97. The van der Waals surface area contributed by atoms with Crippen molar-refractivity contribution < 1.29 is 0 Å². The van der Waals surface area contributed by atoms with Crippen LogP contribution in [0.25, 0.3) is 11.1 Å². The molecule has 0 unspecified atom stereocenters. The van der Waals surface area contributed by atoms with Gasteiger partial charge in [-0.1, -0.05) is 18.2 Å². The van der Waals surface area contributed by atoms with E-state index in [0.29, 0.717) is 6.54 Å². The zero-order chi connectivity index (χ0) is 11.7. The lowest BCUT2D eigenvalue weighted by Crippen LogP contribution is -2.02. The molecule has 17 heavy (non-hydrogen) atoms. The van der Waals surface area contributed by atoms with E-state index in [4.69, 9.17) is 5.73 Å². The van der Waals surface area contributed by atoms with Crippen molar-refractivity contribution in [2.45, 2.75) is 32.2 Å². The molecule has 1 aliphatic carbocycles. The van der Waals surface area contributed by atoms with Crippen LogP contribution in [0, 0.1) is 0 Å². The molecule has 0 aliphatic heterocycles. The first-order chi connectivity index (χ1) is 8.36. The van der Waals surface area contributed by atoms with E-state index in [1.807, 2.05) is 0 Å². The fourth-order valence-electron chi connectivity index (χ4n) is 2.55. The van der Waals surface area contributed by atoms with E-state index in [9.17, 15) is 0 Å². The summed E-state index contributed by atoms with van der Waals surface area (Å²) in [6.07, 6.45) is 5.20. The quantitative estimate of drug-likeness (QED) is 0.854. The third-order valence-corrected chi connectivity index (χ3v) is 4.50. The van der Waals surface area contributed by atoms with Gasteiger partial charge >= 0.3 is 0 Å². The third kappa shape index (κ3) is 2.15. The Bertz CT molecular complexity index is 527. The van der Waals surface area contributed by atoms with Gasteiger partial charge in [0.25, 0.3) is 0 Å². The van der Waals surface area contributed by atoms with Gasteiger partial charge in [-0.3, -0.25) is 0 Å². The molecule has 1 aliphatic rings. The van der Waals surface area contributed by atoms with Crippen LogP contribution in [-0.4, -0.2) is 0 Å². The summed E-state index contributed by atoms with van der Waals surface area (Å²) in [6, 6.07) is 9.15. The summed E-state index contributed by atoms with van der Waals surface area (Å²) in [7, 11) is 0. The van der Waals surface area contributed by atoms with Gasteiger partial charge in [-0.25, -0.2) is 0 Å². The molecular formula is C15H17NS. The molecule has 1 heterocycles. The predicted molar refractivity (Wildman–Crippen MR) is 74.3 cm³/mol. The van der Waals surface area contributed by atoms with Gasteiger partial charge in [0.1, 0.15) is 0 Å². The molecule has 0 radical (unpaired) electrons. The molecular weight excluding hydrogens is 226 g/mol. The van der Waals surface area contributed by atoms with Gasteiger partial charge in [0.05, 0.1) is 0 Å². The smallest absolute Gasteiger partial charge is 0.0274 e. The second kappa shape index (κ2) is 4.63. The molecule has 0 atom stereocenters. The van der Waals surface area contributed by atoms with Crippen LogP contribution in [0.2, 0.25) is 0 Å². The summed E-state index contributed by atoms with van der Waals surface area (Å²) in [4.78, 5) is 1.26. The monoisotopic (exact) mass is 243 g/mol. The Hall–Kier alpha value is -1.12. The van der Waals surface area contributed by atoms with Gasteiger partial charge < -0.3 is 5.73 Å². The van der Waals surface area contributed by atoms with Crippen molar-refractivity contribution in [2.24, 2.45) is 5.73 Å². The highest BCUT2D eigenvalue weighted by Gasteiger charge is 2.10. The van der Waals surface area contributed by atoms with Gasteiger partial charge in [0.2, 0.25) is 0 Å². The van der Waals surface area contributed by atoms with Gasteiger partial charge in [-0.15, -0.1) is 11.3 Å². The standard InChI is InChI=1S/C15H17NS/c16-9-15-8-14(10-17-15)13-6-5-11-3-1-2-4-12(11)7-13/h5-8,10H,1-4,9,16H2. The minimum absolute atomic E-state index is 0.648. The van der Waals surface area contributed by atoms with Crippen molar-refractivity contribution in [2.75, 3.05) is 0 Å². The van der Waals surface area contributed by atoms with Crippen LogP contribution >= 0.6 is 11.3 Å². The van der Waals surface area contributed by atoms with Crippen LogP contribution < -0.4 is 5.73 Å². The van der Waals surface area contributed by atoms with Crippen molar-refractivity contribution in [1.82, 2.24) is 0 Å². The molecule has 1 aromatic carbocycles. The van der Waals surface area contributed by atoms with Crippen LogP contribution in [-0.2, 0) is 19.4 Å². The molecule has 0 spiro atoms. The second-order valence-corrected chi connectivity index (χ2v) is 5.69. The van der Waals surface area contributed by atoms with E-state index in [2.05, 4.69) is 29.6 Å². The third-order valence-electron chi connectivity index (χ3n) is 3.54. The number of benzene rings is 1. The lowest BCUT2D eigenvalue weighted by molar-refractivity contribution is 0.686. The van der Waals surface area contributed by atoms with Crippen molar-refractivity contribution in [1.29, 1.82) is 0 Å². The van der Waals surface area contributed by atoms with Crippen LogP contribution in [0.5, 0.6) is 0 Å². The molecule has 0 saturated carbocycles. The van der Waals surface area contributed by atoms with Crippen molar-refractivity contribution >= 4 is 11.3 Å². The molecule has 1 aromatic heterocycles. The molecule has 88 valence electrons. The molecule has 2 N–H and O–H groups in total. The Morgan fingerprint density at radius 3 is 2.59 bits per heavy atom. The van der Waals surface area contributed by atoms with E-state index in [1.54, 1.807) is 22.5 Å². The first kappa shape index (κ1) is 11.0. The highest BCUT2D eigenvalue weighted by Crippen LogP contribution is 2.30. The summed E-state index contributed by atoms with van der Waals surface area (Å²) < 4.78 is 0. The molecule has 0 amide bonds. The maximum absolute atomic E-state index is 5.66. The van der Waals surface area contributed by atoms with Gasteiger partial charge in [0, 0.05) is 11.4 Å². The average Bonchev–Trinajstić information content (AvgIpc) is 2.87. The second-order valence-electron chi connectivity index (χ2n) is 4.70. The van der Waals surface area contributed by atoms with E-state index in [0.717, 1.165) is 0 Å². The van der Waals surface area contributed by atoms with Gasteiger partial charge in [-0.05, 0) is 59.4 Å². The molecule has 1 nitrogen and oxygen atoms in total. The lowest BCUT2D eigenvalue weighted by atomic mass is 9.89. The number of thiophene rings is 1. The molecule has 2 aromatic rings. The Morgan fingerprint density at radius 2 is 1.82 bits per heavy atom. The highest BCUT2D eigenvalue weighted by atomic mass is 32.1. The normalized spacial score (nSPS) is 14.6. The van der Waals surface area contributed by atoms with Crippen LogP contribution in [0.1, 0.15) is 28.8 Å². The minimum Gasteiger partial charge on any atom is -0.326 e. The largest absolute Gasteiger partial charge is 0.326 e. The fraction of sp³-hybridized carbons (Fsp3) is 0.333. The van der Waals surface area contributed by atoms with E-state index >= 15 is 0 Å². The first-order valence-corrected chi connectivity index (χ1v) is 7.14. The van der Waals surface area contributed by atoms with Crippen molar-refractivity contribution in [3.05, 3.63) is 45.6 Å². The summed E-state index contributed by atoms with van der Waals surface area (Å²) in [6.45, 7) is 0.648. The van der Waals surface area contributed by atoms with E-state index < -0.39 is 0 Å². The zero-order valence-corrected chi connectivity index (χ0v) is 10.7. The Kier molecular flexibility index (Phi) is 3.00. The van der Waals surface area contributed by atoms with Gasteiger partial charge in [-0.2, -0.15) is 0 Å². The zero-order valence-electron chi connectivity index (χ0n) is 9.91. The molecule has 0 bridgehead atoms. The molecule has 0 fully saturated rings. The number of hydrogen-bond acceptors (Lipinski definition) is 2. The predicted octanol–water partition coefficient (Wildman–Crippen LogP) is 3.75. The van der Waals surface area contributed by atoms with Gasteiger partial charge in [0.15, 0.2) is 0 Å². The summed E-state index contributed by atoms with van der Waals surface area (Å²) in [5, 5.41) is 2.22. The first-order valence-electron chi connectivity index (χ1n) is 6.26. The van der Waals surface area contributed by atoms with Crippen LogP contribution in [0.4, 0.5) is 0 Å². The average molecular weight is 243 g/mol. The highest BCUT2D eigenvalue weighted by molar-refractivity contribution is 7.10. The summed E-state index contributed by atoms with van der Waals surface area (Å²) >= 11 is 1.76. The SMILES string of the molecule is NCc1cc(-c2ccc3c(c2)CCCC3)cs1. The minimum atomic E-state index is 0.648. The summed E-state index contributed by atoms with van der Waals surface area (Å²) in [5.74, 6) is 0. The summed E-state index contributed by atoms with van der Waals surface area (Å²) in [5.41, 5.74) is 11.4. The fourth-order valence-corrected chi connectivity index (χ4v) is 3.33. The van der Waals surface area contributed by atoms with Crippen LogP contribution in [0.3, 0.4) is 0 Å². The molecule has 2 heteroatoms. The van der Waals surface area contributed by atoms with Crippen LogP contribution in [0.15, 0.2) is 29.6 Å². The molecule has 3 rings (SSSR count). The maximum atomic E-state index is 5.66.